The van der Waals surface area contributed by atoms with E-state index in [2.05, 4.69) is 5.32 Å². The number of sulfonamides is 1. The lowest BCUT2D eigenvalue weighted by Crippen LogP contribution is -2.24. The van der Waals surface area contributed by atoms with Crippen LogP contribution in [0, 0.1) is 5.92 Å². The fourth-order valence-corrected chi connectivity index (χ4v) is 3.37. The molecular formula is C14H24N2O3S. The topological polar surface area (TPSA) is 62.6 Å². The fourth-order valence-electron chi connectivity index (χ4n) is 2.56. The van der Waals surface area contributed by atoms with Crippen LogP contribution in [0.15, 0.2) is 21.6 Å². The molecule has 1 aliphatic rings. The van der Waals surface area contributed by atoms with Gasteiger partial charge >= 0.3 is 0 Å². The molecule has 0 amide bonds. The summed E-state index contributed by atoms with van der Waals surface area (Å²) >= 11 is 0. The number of hydrogen-bond donors (Lipinski definition) is 1. The predicted octanol–water partition coefficient (Wildman–Crippen LogP) is 2.20. The molecule has 0 spiro atoms. The van der Waals surface area contributed by atoms with E-state index in [4.69, 9.17) is 4.42 Å². The van der Waals surface area contributed by atoms with Crippen LogP contribution in [0.3, 0.4) is 0 Å². The third kappa shape index (κ3) is 3.84. The quantitative estimate of drug-likeness (QED) is 0.875. The maximum atomic E-state index is 11.9. The maximum Gasteiger partial charge on any atom is 0.275 e. The zero-order valence-corrected chi connectivity index (χ0v) is 13.1. The van der Waals surface area contributed by atoms with Gasteiger partial charge in [0.25, 0.3) is 10.0 Å². The van der Waals surface area contributed by atoms with Crippen molar-refractivity contribution in [2.75, 3.05) is 20.6 Å². The van der Waals surface area contributed by atoms with E-state index < -0.39 is 10.0 Å². The van der Waals surface area contributed by atoms with E-state index >= 15 is 0 Å². The van der Waals surface area contributed by atoms with Gasteiger partial charge in [-0.1, -0.05) is 19.3 Å². The van der Waals surface area contributed by atoms with Crippen molar-refractivity contribution in [3.63, 3.8) is 0 Å². The summed E-state index contributed by atoms with van der Waals surface area (Å²) in [6.07, 6.45) is 6.62. The first-order valence-electron chi connectivity index (χ1n) is 7.22. The summed E-state index contributed by atoms with van der Waals surface area (Å²) in [5, 5.41) is 3.37. The Morgan fingerprint density at radius 3 is 2.60 bits per heavy atom. The van der Waals surface area contributed by atoms with Crippen LogP contribution in [0.5, 0.6) is 0 Å². The standard InChI is InChI=1S/C14H24N2O3S/c1-16(2)20(17,18)14-9-8-13(19-14)11-15-10-12-6-4-3-5-7-12/h8-9,12,15H,3-7,10-11H2,1-2H3. The summed E-state index contributed by atoms with van der Waals surface area (Å²) in [6, 6.07) is 3.25. The lowest BCUT2D eigenvalue weighted by molar-refractivity contribution is 0.330. The van der Waals surface area contributed by atoms with Crippen LogP contribution in [0.2, 0.25) is 0 Å². The Bertz CT molecular complexity index is 516. The highest BCUT2D eigenvalue weighted by atomic mass is 32.2. The van der Waals surface area contributed by atoms with Crippen LogP contribution in [-0.4, -0.2) is 33.4 Å². The molecule has 20 heavy (non-hydrogen) atoms. The monoisotopic (exact) mass is 300 g/mol. The van der Waals surface area contributed by atoms with Crippen LogP contribution >= 0.6 is 0 Å². The molecule has 0 radical (unpaired) electrons. The second-order valence-corrected chi connectivity index (χ2v) is 7.73. The van der Waals surface area contributed by atoms with Gasteiger partial charge in [0.1, 0.15) is 5.76 Å². The molecule has 114 valence electrons. The first kappa shape index (κ1) is 15.5. The first-order valence-corrected chi connectivity index (χ1v) is 8.66. The van der Waals surface area contributed by atoms with Crippen molar-refractivity contribution < 1.29 is 12.8 Å². The van der Waals surface area contributed by atoms with Gasteiger partial charge in [-0.2, -0.15) is 0 Å². The van der Waals surface area contributed by atoms with Crippen molar-refractivity contribution in [1.82, 2.24) is 9.62 Å². The van der Waals surface area contributed by atoms with Crippen molar-refractivity contribution >= 4 is 10.0 Å². The van der Waals surface area contributed by atoms with Gasteiger partial charge in [0.15, 0.2) is 0 Å². The Hall–Kier alpha value is -0.850. The predicted molar refractivity (Wildman–Crippen MR) is 77.9 cm³/mol. The average Bonchev–Trinajstić information content (AvgIpc) is 2.89. The van der Waals surface area contributed by atoms with Crippen molar-refractivity contribution in [3.05, 3.63) is 17.9 Å². The van der Waals surface area contributed by atoms with Crippen molar-refractivity contribution in [2.45, 2.75) is 43.7 Å². The van der Waals surface area contributed by atoms with E-state index in [1.165, 1.54) is 52.3 Å². The minimum absolute atomic E-state index is 0.0111. The Kier molecular flexibility index (Phi) is 5.23. The molecule has 0 aromatic carbocycles. The number of rotatable bonds is 6. The molecule has 1 heterocycles. The molecule has 5 nitrogen and oxygen atoms in total. The van der Waals surface area contributed by atoms with E-state index in [0.717, 1.165) is 16.8 Å². The van der Waals surface area contributed by atoms with Gasteiger partial charge in [0, 0.05) is 14.1 Å². The average molecular weight is 300 g/mol. The van der Waals surface area contributed by atoms with Crippen LogP contribution in [0.25, 0.3) is 0 Å². The summed E-state index contributed by atoms with van der Waals surface area (Å²) < 4.78 is 30.3. The maximum absolute atomic E-state index is 11.9. The number of nitrogens with one attached hydrogen (secondary N) is 1. The molecule has 0 atom stereocenters. The molecule has 0 aliphatic heterocycles. The van der Waals surface area contributed by atoms with Crippen molar-refractivity contribution in [1.29, 1.82) is 0 Å². The molecule has 0 bridgehead atoms. The zero-order valence-electron chi connectivity index (χ0n) is 12.3. The molecule has 2 rings (SSSR count). The minimum Gasteiger partial charge on any atom is -0.447 e. The zero-order chi connectivity index (χ0) is 14.6. The third-order valence-electron chi connectivity index (χ3n) is 3.83. The number of nitrogens with zero attached hydrogens (tertiary/aromatic N) is 1. The highest BCUT2D eigenvalue weighted by Crippen LogP contribution is 2.23. The highest BCUT2D eigenvalue weighted by Gasteiger charge is 2.21. The van der Waals surface area contributed by atoms with E-state index in [-0.39, 0.29) is 5.09 Å². The molecule has 1 N–H and O–H groups in total. The van der Waals surface area contributed by atoms with Gasteiger partial charge in [-0.3, -0.25) is 0 Å². The molecule has 1 aliphatic carbocycles. The normalized spacial score (nSPS) is 17.8. The van der Waals surface area contributed by atoms with Gasteiger partial charge < -0.3 is 9.73 Å². The lowest BCUT2D eigenvalue weighted by Gasteiger charge is -2.21. The molecular weight excluding hydrogens is 276 g/mol. The van der Waals surface area contributed by atoms with E-state index in [9.17, 15) is 8.42 Å². The molecule has 1 aromatic rings. The molecule has 1 aromatic heterocycles. The Labute approximate surface area is 121 Å². The largest absolute Gasteiger partial charge is 0.447 e. The van der Waals surface area contributed by atoms with Gasteiger partial charge in [-0.05, 0) is 37.4 Å². The van der Waals surface area contributed by atoms with Crippen LogP contribution in [0.1, 0.15) is 37.9 Å². The third-order valence-corrected chi connectivity index (χ3v) is 5.52. The summed E-state index contributed by atoms with van der Waals surface area (Å²) in [6.45, 7) is 1.57. The van der Waals surface area contributed by atoms with E-state index in [1.807, 2.05) is 0 Å². The number of hydrogen-bond acceptors (Lipinski definition) is 4. The Morgan fingerprint density at radius 1 is 1.25 bits per heavy atom. The molecule has 0 unspecified atom stereocenters. The summed E-state index contributed by atoms with van der Waals surface area (Å²) in [5.41, 5.74) is 0. The van der Waals surface area contributed by atoms with Gasteiger partial charge in [-0.15, -0.1) is 0 Å². The smallest absolute Gasteiger partial charge is 0.275 e. The first-order chi connectivity index (χ1) is 9.50. The Morgan fingerprint density at radius 2 is 1.95 bits per heavy atom. The molecule has 6 heteroatoms. The second-order valence-electron chi connectivity index (χ2n) is 5.64. The summed E-state index contributed by atoms with van der Waals surface area (Å²) in [5.74, 6) is 1.42. The van der Waals surface area contributed by atoms with Crippen LogP contribution in [0.4, 0.5) is 0 Å². The Balaban J connectivity index is 1.84. The molecule has 0 saturated heterocycles. The highest BCUT2D eigenvalue weighted by molar-refractivity contribution is 7.88. The van der Waals surface area contributed by atoms with Crippen LogP contribution in [-0.2, 0) is 16.6 Å². The van der Waals surface area contributed by atoms with E-state index in [0.29, 0.717) is 12.3 Å². The fraction of sp³-hybridized carbons (Fsp3) is 0.714. The SMILES string of the molecule is CN(C)S(=O)(=O)c1ccc(CNCC2CCCCC2)o1. The second kappa shape index (κ2) is 6.74. The van der Waals surface area contributed by atoms with Gasteiger partial charge in [0.2, 0.25) is 5.09 Å². The van der Waals surface area contributed by atoms with Crippen LogP contribution < -0.4 is 5.32 Å². The summed E-state index contributed by atoms with van der Waals surface area (Å²) in [7, 11) is -0.465. The summed E-state index contributed by atoms with van der Waals surface area (Å²) in [4.78, 5) is 0. The van der Waals surface area contributed by atoms with Crippen molar-refractivity contribution in [2.24, 2.45) is 5.92 Å². The van der Waals surface area contributed by atoms with E-state index in [1.54, 1.807) is 6.07 Å². The lowest BCUT2D eigenvalue weighted by atomic mass is 9.89. The minimum atomic E-state index is -3.46. The van der Waals surface area contributed by atoms with Gasteiger partial charge in [0.05, 0.1) is 6.54 Å². The van der Waals surface area contributed by atoms with Gasteiger partial charge in [-0.25, -0.2) is 12.7 Å². The molecule has 1 fully saturated rings. The van der Waals surface area contributed by atoms with Crippen molar-refractivity contribution in [3.8, 4) is 0 Å². The number of furan rings is 1. The molecule has 1 saturated carbocycles.